The van der Waals surface area contributed by atoms with Crippen LogP contribution in [-0.4, -0.2) is 11.1 Å². The molecule has 0 spiro atoms. The third-order valence-electron chi connectivity index (χ3n) is 5.36. The van der Waals surface area contributed by atoms with Gasteiger partial charge >= 0.3 is 5.97 Å². The van der Waals surface area contributed by atoms with Gasteiger partial charge in [-0.2, -0.15) is 0 Å². The third-order valence-corrected chi connectivity index (χ3v) is 5.36. The summed E-state index contributed by atoms with van der Waals surface area (Å²) in [6.45, 7) is 0. The molecule has 5 rings (SSSR count). The zero-order chi connectivity index (χ0) is 19.8. The maximum Gasteiger partial charge on any atom is 0.339 e. The summed E-state index contributed by atoms with van der Waals surface area (Å²) in [6.07, 6.45) is 0.936. The van der Waals surface area contributed by atoms with E-state index in [0.29, 0.717) is 11.5 Å². The van der Waals surface area contributed by atoms with Crippen molar-refractivity contribution in [1.82, 2.24) is 0 Å². The normalized spacial score (nSPS) is 11.6. The van der Waals surface area contributed by atoms with Crippen LogP contribution in [0.5, 0.6) is 11.5 Å². The first kappa shape index (κ1) is 17.3. The Kier molecular flexibility index (Phi) is 4.14. The Morgan fingerprint density at radius 1 is 0.724 bits per heavy atom. The molecule has 0 unspecified atom stereocenters. The van der Waals surface area contributed by atoms with Gasteiger partial charge in [0.2, 0.25) is 0 Å². The van der Waals surface area contributed by atoms with E-state index in [0.717, 1.165) is 12.0 Å². The van der Waals surface area contributed by atoms with Crippen LogP contribution >= 0.6 is 0 Å². The van der Waals surface area contributed by atoms with Crippen LogP contribution in [0.3, 0.4) is 0 Å². The molecule has 1 N–H and O–H groups in total. The van der Waals surface area contributed by atoms with Crippen LogP contribution in [0.1, 0.15) is 21.5 Å². The van der Waals surface area contributed by atoms with Crippen molar-refractivity contribution in [2.75, 3.05) is 0 Å². The molecule has 4 aromatic carbocycles. The molecule has 3 nitrogen and oxygen atoms in total. The summed E-state index contributed by atoms with van der Waals surface area (Å²) in [4.78, 5) is 11.4. The van der Waals surface area contributed by atoms with Crippen LogP contribution in [0, 0.1) is 0 Å². The molecule has 3 heteroatoms. The lowest BCUT2D eigenvalue weighted by Crippen LogP contribution is -1.99. The molecule has 29 heavy (non-hydrogen) atoms. The fraction of sp³-hybridized carbons (Fsp3) is 0.0385. The fourth-order valence-corrected chi connectivity index (χ4v) is 3.99. The molecular formula is C26H18O3. The number of rotatable bonds is 4. The SMILES string of the molecule is O=C(O)c1ccccc1Oc1ccc(-c2cccc3c2Cc2ccccc2-3)cc1. The number of carboxylic acids is 1. The summed E-state index contributed by atoms with van der Waals surface area (Å²) in [6, 6.07) is 29.5. The lowest BCUT2D eigenvalue weighted by atomic mass is 9.96. The Morgan fingerprint density at radius 3 is 2.24 bits per heavy atom. The summed E-state index contributed by atoms with van der Waals surface area (Å²) in [5.74, 6) is -0.0567. The molecule has 4 aromatic rings. The van der Waals surface area contributed by atoms with Gasteiger partial charge in [-0.3, -0.25) is 0 Å². The number of para-hydroxylation sites is 1. The van der Waals surface area contributed by atoms with Gasteiger partial charge in [-0.15, -0.1) is 0 Å². The van der Waals surface area contributed by atoms with Crippen LogP contribution in [0.4, 0.5) is 0 Å². The Hall–Kier alpha value is -3.85. The first-order valence-electron chi connectivity index (χ1n) is 9.51. The van der Waals surface area contributed by atoms with E-state index in [2.05, 4.69) is 42.5 Å². The Balaban J connectivity index is 1.46. The molecule has 0 heterocycles. The van der Waals surface area contributed by atoms with Crippen molar-refractivity contribution in [3.63, 3.8) is 0 Å². The molecule has 0 radical (unpaired) electrons. The summed E-state index contributed by atoms with van der Waals surface area (Å²) in [5, 5.41) is 9.32. The average molecular weight is 378 g/mol. The molecule has 0 aromatic heterocycles. The van der Waals surface area contributed by atoms with E-state index in [4.69, 9.17) is 4.74 Å². The highest BCUT2D eigenvalue weighted by Gasteiger charge is 2.21. The van der Waals surface area contributed by atoms with Crippen molar-refractivity contribution < 1.29 is 14.6 Å². The predicted molar refractivity (Wildman–Crippen MR) is 114 cm³/mol. The van der Waals surface area contributed by atoms with Crippen molar-refractivity contribution in [2.45, 2.75) is 6.42 Å². The highest BCUT2D eigenvalue weighted by molar-refractivity contribution is 5.91. The molecule has 0 bridgehead atoms. The number of carboxylic acid groups (broad SMARTS) is 1. The Bertz CT molecular complexity index is 1220. The molecule has 1 aliphatic carbocycles. The van der Waals surface area contributed by atoms with Crippen molar-refractivity contribution in [3.8, 4) is 33.8 Å². The lowest BCUT2D eigenvalue weighted by molar-refractivity contribution is 0.0694. The molecule has 0 saturated carbocycles. The van der Waals surface area contributed by atoms with Gasteiger partial charge < -0.3 is 9.84 Å². The van der Waals surface area contributed by atoms with Crippen molar-refractivity contribution >= 4 is 5.97 Å². The van der Waals surface area contributed by atoms with E-state index in [1.165, 1.54) is 33.9 Å². The van der Waals surface area contributed by atoms with Crippen LogP contribution in [0.15, 0.2) is 91.0 Å². The average Bonchev–Trinajstić information content (AvgIpc) is 3.13. The van der Waals surface area contributed by atoms with E-state index >= 15 is 0 Å². The summed E-state index contributed by atoms with van der Waals surface area (Å²) in [5.41, 5.74) is 7.81. The largest absolute Gasteiger partial charge is 0.478 e. The van der Waals surface area contributed by atoms with E-state index < -0.39 is 5.97 Å². The van der Waals surface area contributed by atoms with Crippen LogP contribution in [0.25, 0.3) is 22.3 Å². The molecule has 0 fully saturated rings. The number of benzene rings is 4. The van der Waals surface area contributed by atoms with E-state index in [-0.39, 0.29) is 5.56 Å². The zero-order valence-corrected chi connectivity index (χ0v) is 15.6. The van der Waals surface area contributed by atoms with Gasteiger partial charge in [0.15, 0.2) is 0 Å². The van der Waals surface area contributed by atoms with Gasteiger partial charge in [0, 0.05) is 0 Å². The van der Waals surface area contributed by atoms with Gasteiger partial charge in [-0.1, -0.05) is 66.7 Å². The van der Waals surface area contributed by atoms with Crippen molar-refractivity contribution in [1.29, 1.82) is 0 Å². The highest BCUT2D eigenvalue weighted by Crippen LogP contribution is 2.41. The monoisotopic (exact) mass is 378 g/mol. The van der Waals surface area contributed by atoms with Crippen molar-refractivity contribution in [3.05, 3.63) is 108 Å². The zero-order valence-electron chi connectivity index (χ0n) is 15.6. The Labute approximate surface area is 168 Å². The Morgan fingerprint density at radius 2 is 1.41 bits per heavy atom. The number of carbonyl (C=O) groups is 1. The highest BCUT2D eigenvalue weighted by atomic mass is 16.5. The number of fused-ring (bicyclic) bond motifs is 3. The van der Waals surface area contributed by atoms with E-state index in [1.54, 1.807) is 18.2 Å². The lowest BCUT2D eigenvalue weighted by Gasteiger charge is -2.11. The summed E-state index contributed by atoms with van der Waals surface area (Å²) >= 11 is 0. The summed E-state index contributed by atoms with van der Waals surface area (Å²) < 4.78 is 5.82. The van der Waals surface area contributed by atoms with Crippen LogP contribution < -0.4 is 4.74 Å². The molecule has 0 aliphatic heterocycles. The predicted octanol–water partition coefficient (Wildman–Crippen LogP) is 6.42. The van der Waals surface area contributed by atoms with Gasteiger partial charge in [0.1, 0.15) is 17.1 Å². The van der Waals surface area contributed by atoms with Gasteiger partial charge in [0.05, 0.1) is 0 Å². The molecular weight excluding hydrogens is 360 g/mol. The fourth-order valence-electron chi connectivity index (χ4n) is 3.99. The number of aromatic carboxylic acids is 1. The number of ether oxygens (including phenoxy) is 1. The quantitative estimate of drug-likeness (QED) is 0.393. The minimum Gasteiger partial charge on any atom is -0.478 e. The standard InChI is InChI=1S/C26H18O3/c27-26(28)23-8-3-4-11-25(23)29-19-14-12-17(13-15-19)20-9-5-10-22-21-7-2-1-6-18(21)16-24(20)22/h1-15H,16H2,(H,27,28). The molecule has 0 atom stereocenters. The van der Waals surface area contributed by atoms with Crippen molar-refractivity contribution in [2.24, 2.45) is 0 Å². The second kappa shape index (κ2) is 6.95. The minimum atomic E-state index is -1.00. The first-order valence-corrected chi connectivity index (χ1v) is 9.51. The van der Waals surface area contributed by atoms with E-state index in [9.17, 15) is 9.90 Å². The smallest absolute Gasteiger partial charge is 0.339 e. The molecule has 140 valence electrons. The van der Waals surface area contributed by atoms with Gasteiger partial charge in [-0.05, 0) is 64.1 Å². The summed E-state index contributed by atoms with van der Waals surface area (Å²) in [7, 11) is 0. The maximum absolute atomic E-state index is 11.4. The van der Waals surface area contributed by atoms with E-state index in [1.807, 2.05) is 24.3 Å². The van der Waals surface area contributed by atoms with Crippen LogP contribution in [-0.2, 0) is 6.42 Å². The minimum absolute atomic E-state index is 0.148. The molecule has 1 aliphatic rings. The second-order valence-corrected chi connectivity index (χ2v) is 7.09. The van der Waals surface area contributed by atoms with Gasteiger partial charge in [0.25, 0.3) is 0 Å². The number of hydrogen-bond donors (Lipinski definition) is 1. The van der Waals surface area contributed by atoms with Crippen LogP contribution in [0.2, 0.25) is 0 Å². The second-order valence-electron chi connectivity index (χ2n) is 7.09. The topological polar surface area (TPSA) is 46.5 Å². The first-order chi connectivity index (χ1) is 14.2. The maximum atomic E-state index is 11.4. The molecule has 0 amide bonds. The number of hydrogen-bond acceptors (Lipinski definition) is 2. The molecule has 0 saturated heterocycles. The van der Waals surface area contributed by atoms with Gasteiger partial charge in [-0.25, -0.2) is 4.79 Å². The third kappa shape index (κ3) is 3.07.